The molecule has 118 valence electrons. The van der Waals surface area contributed by atoms with Gasteiger partial charge in [-0.05, 0) is 32.3 Å². The van der Waals surface area contributed by atoms with Gasteiger partial charge < -0.3 is 14.2 Å². The van der Waals surface area contributed by atoms with E-state index in [1.807, 2.05) is 18.2 Å². The Hall–Kier alpha value is -0.900. The van der Waals surface area contributed by atoms with Crippen LogP contribution < -0.4 is 0 Å². The van der Waals surface area contributed by atoms with Crippen LogP contribution in [-0.2, 0) is 20.8 Å². The lowest BCUT2D eigenvalue weighted by Crippen LogP contribution is -2.37. The lowest BCUT2D eigenvalue weighted by Gasteiger charge is -2.31. The largest absolute Gasteiger partial charge is 0.378 e. The smallest absolute Gasteiger partial charge is 0.0917 e. The van der Waals surface area contributed by atoms with Gasteiger partial charge in [-0.3, -0.25) is 0 Å². The Labute approximate surface area is 128 Å². The van der Waals surface area contributed by atoms with Crippen molar-refractivity contribution in [2.75, 3.05) is 20.3 Å². The van der Waals surface area contributed by atoms with Crippen LogP contribution in [0.3, 0.4) is 0 Å². The molecule has 1 aromatic carbocycles. The summed E-state index contributed by atoms with van der Waals surface area (Å²) in [6, 6.07) is 10.3. The highest BCUT2D eigenvalue weighted by atomic mass is 16.5. The maximum Gasteiger partial charge on any atom is 0.0917 e. The Morgan fingerprint density at radius 1 is 1.29 bits per heavy atom. The zero-order chi connectivity index (χ0) is 15.3. The van der Waals surface area contributed by atoms with Crippen LogP contribution in [0.5, 0.6) is 0 Å². The highest BCUT2D eigenvalue weighted by molar-refractivity contribution is 5.13. The molecule has 0 aromatic heterocycles. The van der Waals surface area contributed by atoms with Crippen LogP contribution in [-0.4, -0.2) is 31.5 Å². The zero-order valence-corrected chi connectivity index (χ0v) is 13.7. The van der Waals surface area contributed by atoms with E-state index in [1.54, 1.807) is 7.11 Å². The summed E-state index contributed by atoms with van der Waals surface area (Å²) in [6.45, 7) is 8.49. The molecule has 1 aliphatic rings. The molecule has 0 bridgehead atoms. The van der Waals surface area contributed by atoms with Gasteiger partial charge in [0.2, 0.25) is 0 Å². The summed E-state index contributed by atoms with van der Waals surface area (Å²) >= 11 is 0. The van der Waals surface area contributed by atoms with Crippen molar-refractivity contribution < 1.29 is 14.2 Å². The van der Waals surface area contributed by atoms with Crippen molar-refractivity contribution in [1.29, 1.82) is 0 Å². The van der Waals surface area contributed by atoms with Gasteiger partial charge in [-0.2, -0.15) is 0 Å². The predicted octanol–water partition coefficient (Wildman–Crippen LogP) is 3.81. The molecule has 0 N–H and O–H groups in total. The SMILES string of the molecule is CCC1(COCc2ccccc2)CC(C(C)(C)OC)CO1. The monoisotopic (exact) mass is 292 g/mol. The fourth-order valence-corrected chi connectivity index (χ4v) is 2.84. The molecule has 1 aliphatic heterocycles. The Morgan fingerprint density at radius 2 is 2.00 bits per heavy atom. The van der Waals surface area contributed by atoms with Gasteiger partial charge in [0.1, 0.15) is 0 Å². The number of hydrogen-bond donors (Lipinski definition) is 0. The highest BCUT2D eigenvalue weighted by Crippen LogP contribution is 2.39. The van der Waals surface area contributed by atoms with Crippen LogP contribution in [0, 0.1) is 5.92 Å². The van der Waals surface area contributed by atoms with Crippen molar-refractivity contribution >= 4 is 0 Å². The van der Waals surface area contributed by atoms with E-state index in [-0.39, 0.29) is 11.2 Å². The van der Waals surface area contributed by atoms with Crippen LogP contribution in [0.15, 0.2) is 30.3 Å². The maximum atomic E-state index is 6.12. The maximum absolute atomic E-state index is 6.12. The summed E-state index contributed by atoms with van der Waals surface area (Å²) in [5, 5.41) is 0. The molecule has 1 saturated heterocycles. The van der Waals surface area contributed by atoms with E-state index < -0.39 is 0 Å². The summed E-state index contributed by atoms with van der Waals surface area (Å²) in [6.07, 6.45) is 1.97. The molecule has 21 heavy (non-hydrogen) atoms. The molecular weight excluding hydrogens is 264 g/mol. The second-order valence-corrected chi connectivity index (χ2v) is 6.53. The third kappa shape index (κ3) is 4.06. The number of benzene rings is 1. The van der Waals surface area contributed by atoms with E-state index in [0.717, 1.165) is 19.4 Å². The van der Waals surface area contributed by atoms with Crippen LogP contribution >= 0.6 is 0 Å². The van der Waals surface area contributed by atoms with Crippen LogP contribution in [0.2, 0.25) is 0 Å². The Morgan fingerprint density at radius 3 is 2.62 bits per heavy atom. The zero-order valence-electron chi connectivity index (χ0n) is 13.7. The van der Waals surface area contributed by atoms with Gasteiger partial charge in [0.25, 0.3) is 0 Å². The van der Waals surface area contributed by atoms with E-state index in [0.29, 0.717) is 19.1 Å². The first kappa shape index (κ1) is 16.5. The standard InChI is InChI=1S/C18H28O3/c1-5-18(11-16(13-21-18)17(2,3)19-4)14-20-12-15-9-7-6-8-10-15/h6-10,16H,5,11-14H2,1-4H3. The van der Waals surface area contributed by atoms with Crippen molar-refractivity contribution in [2.45, 2.75) is 51.4 Å². The minimum Gasteiger partial charge on any atom is -0.378 e. The van der Waals surface area contributed by atoms with E-state index in [1.165, 1.54) is 5.56 Å². The summed E-state index contributed by atoms with van der Waals surface area (Å²) < 4.78 is 17.7. The fourth-order valence-electron chi connectivity index (χ4n) is 2.84. The summed E-state index contributed by atoms with van der Waals surface area (Å²) in [5.41, 5.74) is 0.904. The second kappa shape index (κ2) is 6.91. The molecule has 0 saturated carbocycles. The van der Waals surface area contributed by atoms with E-state index in [4.69, 9.17) is 14.2 Å². The number of hydrogen-bond acceptors (Lipinski definition) is 3. The van der Waals surface area contributed by atoms with Crippen LogP contribution in [0.4, 0.5) is 0 Å². The normalized spacial score (nSPS) is 26.2. The van der Waals surface area contributed by atoms with Gasteiger partial charge in [0.15, 0.2) is 0 Å². The average molecular weight is 292 g/mol. The number of methoxy groups -OCH3 is 1. The minimum absolute atomic E-state index is 0.143. The number of rotatable bonds is 7. The van der Waals surface area contributed by atoms with E-state index in [2.05, 4.69) is 32.9 Å². The molecule has 3 nitrogen and oxygen atoms in total. The van der Waals surface area contributed by atoms with Gasteiger partial charge in [-0.25, -0.2) is 0 Å². The Bertz CT molecular complexity index is 429. The van der Waals surface area contributed by atoms with Gasteiger partial charge in [0, 0.05) is 13.0 Å². The van der Waals surface area contributed by atoms with Gasteiger partial charge >= 0.3 is 0 Å². The van der Waals surface area contributed by atoms with E-state index in [9.17, 15) is 0 Å². The summed E-state index contributed by atoms with van der Waals surface area (Å²) in [5.74, 6) is 0.419. The summed E-state index contributed by atoms with van der Waals surface area (Å²) in [7, 11) is 1.78. The first-order valence-electron chi connectivity index (χ1n) is 7.82. The topological polar surface area (TPSA) is 27.7 Å². The molecule has 1 aromatic rings. The van der Waals surface area contributed by atoms with Crippen LogP contribution in [0.1, 0.15) is 39.2 Å². The summed E-state index contributed by atoms with van der Waals surface area (Å²) in [4.78, 5) is 0. The fraction of sp³-hybridized carbons (Fsp3) is 0.667. The molecule has 2 unspecified atom stereocenters. The minimum atomic E-state index is -0.157. The molecule has 0 spiro atoms. The molecule has 0 radical (unpaired) electrons. The molecule has 1 fully saturated rings. The predicted molar refractivity (Wildman–Crippen MR) is 84.3 cm³/mol. The molecule has 3 heteroatoms. The van der Waals surface area contributed by atoms with Crippen LogP contribution in [0.25, 0.3) is 0 Å². The highest BCUT2D eigenvalue weighted by Gasteiger charge is 2.45. The third-order valence-corrected chi connectivity index (χ3v) is 4.84. The van der Waals surface area contributed by atoms with Crippen molar-refractivity contribution in [1.82, 2.24) is 0 Å². The lowest BCUT2D eigenvalue weighted by atomic mass is 9.83. The van der Waals surface area contributed by atoms with Crippen molar-refractivity contribution in [3.8, 4) is 0 Å². The lowest BCUT2D eigenvalue weighted by molar-refractivity contribution is -0.0712. The van der Waals surface area contributed by atoms with Crippen molar-refractivity contribution in [2.24, 2.45) is 5.92 Å². The van der Waals surface area contributed by atoms with Gasteiger partial charge in [-0.1, -0.05) is 37.3 Å². The Balaban J connectivity index is 1.88. The molecule has 2 rings (SSSR count). The molecule has 1 heterocycles. The third-order valence-electron chi connectivity index (χ3n) is 4.84. The Kier molecular flexibility index (Phi) is 5.42. The first-order chi connectivity index (χ1) is 10.0. The van der Waals surface area contributed by atoms with Gasteiger partial charge in [-0.15, -0.1) is 0 Å². The molecule has 2 atom stereocenters. The second-order valence-electron chi connectivity index (χ2n) is 6.53. The molecule has 0 amide bonds. The van der Waals surface area contributed by atoms with Gasteiger partial charge in [0.05, 0.1) is 31.0 Å². The quantitative estimate of drug-likeness (QED) is 0.765. The first-order valence-corrected chi connectivity index (χ1v) is 7.82. The average Bonchev–Trinajstić information content (AvgIpc) is 2.94. The molecular formula is C18H28O3. The number of ether oxygens (including phenoxy) is 3. The van der Waals surface area contributed by atoms with Crippen molar-refractivity contribution in [3.05, 3.63) is 35.9 Å². The van der Waals surface area contributed by atoms with E-state index >= 15 is 0 Å². The van der Waals surface area contributed by atoms with Crippen molar-refractivity contribution in [3.63, 3.8) is 0 Å². The molecule has 0 aliphatic carbocycles.